The molecule has 0 aliphatic rings. The number of hydrogen-bond acceptors (Lipinski definition) is 2. The van der Waals surface area contributed by atoms with Gasteiger partial charge in [-0.05, 0) is 18.6 Å². The molecule has 0 saturated carbocycles. The second kappa shape index (κ2) is 3.85. The summed E-state index contributed by atoms with van der Waals surface area (Å²) in [5, 5.41) is -0.143. The maximum atomic E-state index is 13.2. The molecule has 4 heteroatoms. The van der Waals surface area contributed by atoms with Crippen LogP contribution in [0.1, 0.15) is 15.9 Å². The smallest absolute Gasteiger partial charge is 0.177 e. The highest BCUT2D eigenvalue weighted by atomic mass is 35.5. The molecule has 0 spiro atoms. The maximum Gasteiger partial charge on any atom is 0.177 e. The third kappa shape index (κ3) is 1.87. The molecular weight excluding hydrogens is 193 g/mol. The standard InChI is InChI=1S/C9H9ClFNO/c1-5-2-3-6(7(13)4-12)8(10)9(5)11/h2-3H,4,12H2,1H3. The molecule has 0 radical (unpaired) electrons. The lowest BCUT2D eigenvalue weighted by atomic mass is 10.1. The molecule has 1 aromatic rings. The van der Waals surface area contributed by atoms with Crippen molar-refractivity contribution in [2.24, 2.45) is 5.73 Å². The van der Waals surface area contributed by atoms with Gasteiger partial charge in [-0.3, -0.25) is 4.79 Å². The Morgan fingerprint density at radius 3 is 2.77 bits per heavy atom. The normalized spacial score (nSPS) is 10.2. The number of rotatable bonds is 2. The van der Waals surface area contributed by atoms with Crippen LogP contribution < -0.4 is 5.73 Å². The summed E-state index contributed by atoms with van der Waals surface area (Å²) >= 11 is 5.62. The van der Waals surface area contributed by atoms with Crippen molar-refractivity contribution >= 4 is 17.4 Å². The molecule has 1 aromatic carbocycles. The zero-order valence-corrected chi connectivity index (χ0v) is 7.86. The lowest BCUT2D eigenvalue weighted by Crippen LogP contribution is -2.14. The van der Waals surface area contributed by atoms with Gasteiger partial charge in [0.15, 0.2) is 5.78 Å². The van der Waals surface area contributed by atoms with E-state index in [0.717, 1.165) is 0 Å². The van der Waals surface area contributed by atoms with Crippen LogP contribution >= 0.6 is 11.6 Å². The van der Waals surface area contributed by atoms with E-state index >= 15 is 0 Å². The zero-order valence-electron chi connectivity index (χ0n) is 7.10. The highest BCUT2D eigenvalue weighted by molar-refractivity contribution is 6.34. The van der Waals surface area contributed by atoms with Gasteiger partial charge in [-0.25, -0.2) is 4.39 Å². The molecule has 2 nitrogen and oxygen atoms in total. The van der Waals surface area contributed by atoms with E-state index in [1.54, 1.807) is 6.92 Å². The average Bonchev–Trinajstić information content (AvgIpc) is 2.13. The number of halogens is 2. The van der Waals surface area contributed by atoms with Gasteiger partial charge in [-0.1, -0.05) is 17.7 Å². The molecule has 1 rings (SSSR count). The van der Waals surface area contributed by atoms with Gasteiger partial charge in [-0.15, -0.1) is 0 Å². The number of ketones is 1. The number of carbonyl (C=O) groups is 1. The van der Waals surface area contributed by atoms with Crippen LogP contribution in [0.2, 0.25) is 5.02 Å². The fourth-order valence-electron chi connectivity index (χ4n) is 0.971. The number of carbonyl (C=O) groups excluding carboxylic acids is 1. The molecule has 0 aliphatic carbocycles. The first kappa shape index (κ1) is 10.2. The van der Waals surface area contributed by atoms with Crippen molar-refractivity contribution < 1.29 is 9.18 Å². The van der Waals surface area contributed by atoms with Crippen LogP contribution in [0.15, 0.2) is 12.1 Å². The van der Waals surface area contributed by atoms with Gasteiger partial charge in [-0.2, -0.15) is 0 Å². The van der Waals surface area contributed by atoms with Gasteiger partial charge in [0, 0.05) is 5.56 Å². The zero-order chi connectivity index (χ0) is 10.0. The highest BCUT2D eigenvalue weighted by Gasteiger charge is 2.13. The number of nitrogens with two attached hydrogens (primary N) is 1. The highest BCUT2D eigenvalue weighted by Crippen LogP contribution is 2.22. The SMILES string of the molecule is Cc1ccc(C(=O)CN)c(Cl)c1F. The van der Waals surface area contributed by atoms with Gasteiger partial charge in [0.1, 0.15) is 5.82 Å². The molecule has 0 aromatic heterocycles. The predicted molar refractivity (Wildman–Crippen MR) is 49.5 cm³/mol. The van der Waals surface area contributed by atoms with E-state index in [4.69, 9.17) is 17.3 Å². The molecule has 0 amide bonds. The summed E-state index contributed by atoms with van der Waals surface area (Å²) in [5.41, 5.74) is 5.69. The Kier molecular flexibility index (Phi) is 3.01. The van der Waals surface area contributed by atoms with Gasteiger partial charge in [0.05, 0.1) is 11.6 Å². The van der Waals surface area contributed by atoms with Gasteiger partial charge in [0.25, 0.3) is 0 Å². The summed E-state index contributed by atoms with van der Waals surface area (Å²) in [6, 6.07) is 2.99. The Labute approximate surface area is 80.5 Å². The Morgan fingerprint density at radius 2 is 2.23 bits per heavy atom. The van der Waals surface area contributed by atoms with Crippen molar-refractivity contribution in [3.05, 3.63) is 34.1 Å². The van der Waals surface area contributed by atoms with E-state index in [2.05, 4.69) is 0 Å². The topological polar surface area (TPSA) is 43.1 Å². The van der Waals surface area contributed by atoms with Crippen LogP contribution in [-0.4, -0.2) is 12.3 Å². The third-order valence-electron chi connectivity index (χ3n) is 1.76. The predicted octanol–water partition coefficient (Wildman–Crippen LogP) is 1.93. The van der Waals surface area contributed by atoms with E-state index in [0.29, 0.717) is 5.56 Å². The Bertz CT molecular complexity index is 352. The van der Waals surface area contributed by atoms with Crippen molar-refractivity contribution in [2.45, 2.75) is 6.92 Å². The van der Waals surface area contributed by atoms with Crippen LogP contribution in [-0.2, 0) is 0 Å². The minimum atomic E-state index is -0.555. The first-order chi connectivity index (χ1) is 6.07. The molecule has 0 atom stereocenters. The molecule has 13 heavy (non-hydrogen) atoms. The molecule has 0 aliphatic heterocycles. The van der Waals surface area contributed by atoms with E-state index in [1.807, 2.05) is 0 Å². The van der Waals surface area contributed by atoms with Crippen molar-refractivity contribution in [1.82, 2.24) is 0 Å². The Balaban J connectivity index is 3.26. The number of Topliss-reactive ketones (excluding diaryl/α,β-unsaturated/α-hetero) is 1. The van der Waals surface area contributed by atoms with Gasteiger partial charge in [0.2, 0.25) is 0 Å². The van der Waals surface area contributed by atoms with E-state index in [1.165, 1.54) is 12.1 Å². The fraction of sp³-hybridized carbons (Fsp3) is 0.222. The molecule has 0 heterocycles. The maximum absolute atomic E-state index is 13.2. The van der Waals surface area contributed by atoms with Crippen molar-refractivity contribution in [1.29, 1.82) is 0 Å². The Morgan fingerprint density at radius 1 is 1.62 bits per heavy atom. The molecule has 70 valence electrons. The minimum absolute atomic E-state index is 0.143. The van der Waals surface area contributed by atoms with Crippen LogP contribution in [0.4, 0.5) is 4.39 Å². The first-order valence-electron chi connectivity index (χ1n) is 3.75. The molecule has 0 unspecified atom stereocenters. The quantitative estimate of drug-likeness (QED) is 0.743. The van der Waals surface area contributed by atoms with E-state index < -0.39 is 5.82 Å². The summed E-state index contributed by atoms with van der Waals surface area (Å²) in [4.78, 5) is 11.1. The first-order valence-corrected chi connectivity index (χ1v) is 4.13. The molecule has 0 saturated heterocycles. The fourth-order valence-corrected chi connectivity index (χ4v) is 1.29. The van der Waals surface area contributed by atoms with Gasteiger partial charge >= 0.3 is 0 Å². The summed E-state index contributed by atoms with van der Waals surface area (Å²) in [6.07, 6.45) is 0. The van der Waals surface area contributed by atoms with Crippen LogP contribution in [0.3, 0.4) is 0 Å². The molecule has 2 N–H and O–H groups in total. The number of aryl methyl sites for hydroxylation is 1. The Hall–Kier alpha value is -0.930. The number of benzene rings is 1. The summed E-state index contributed by atoms with van der Waals surface area (Å²) in [7, 11) is 0. The number of hydrogen-bond donors (Lipinski definition) is 1. The lowest BCUT2D eigenvalue weighted by molar-refractivity contribution is 0.100. The van der Waals surface area contributed by atoms with Crippen LogP contribution in [0, 0.1) is 12.7 Å². The van der Waals surface area contributed by atoms with E-state index in [9.17, 15) is 9.18 Å². The second-order valence-corrected chi connectivity index (χ2v) is 3.06. The average molecular weight is 202 g/mol. The van der Waals surface area contributed by atoms with Crippen molar-refractivity contribution in [3.63, 3.8) is 0 Å². The summed E-state index contributed by atoms with van der Waals surface area (Å²) in [5.74, 6) is -0.912. The van der Waals surface area contributed by atoms with Crippen LogP contribution in [0.5, 0.6) is 0 Å². The largest absolute Gasteiger partial charge is 0.324 e. The molecule has 0 fully saturated rings. The van der Waals surface area contributed by atoms with Crippen molar-refractivity contribution in [3.8, 4) is 0 Å². The lowest BCUT2D eigenvalue weighted by Gasteiger charge is -2.04. The molecular formula is C9H9ClFNO. The summed E-state index contributed by atoms with van der Waals surface area (Å²) in [6.45, 7) is 1.42. The molecule has 0 bridgehead atoms. The monoisotopic (exact) mass is 201 g/mol. The third-order valence-corrected chi connectivity index (χ3v) is 2.13. The van der Waals surface area contributed by atoms with E-state index in [-0.39, 0.29) is 22.9 Å². The second-order valence-electron chi connectivity index (χ2n) is 2.69. The van der Waals surface area contributed by atoms with Crippen molar-refractivity contribution in [2.75, 3.05) is 6.54 Å². The summed E-state index contributed by atoms with van der Waals surface area (Å²) < 4.78 is 13.2. The van der Waals surface area contributed by atoms with Gasteiger partial charge < -0.3 is 5.73 Å². The minimum Gasteiger partial charge on any atom is -0.324 e. The van der Waals surface area contributed by atoms with Crippen LogP contribution in [0.25, 0.3) is 0 Å².